The van der Waals surface area contributed by atoms with E-state index >= 15 is 0 Å². The molecular weight excluding hydrogens is 324 g/mol. The van der Waals surface area contributed by atoms with E-state index in [0.717, 1.165) is 90.4 Å². The van der Waals surface area contributed by atoms with Gasteiger partial charge in [0.05, 0.1) is 0 Å². The summed E-state index contributed by atoms with van der Waals surface area (Å²) in [5.41, 5.74) is 0. The Morgan fingerprint density at radius 1 is 0.500 bits per heavy atom. The molecule has 4 heteroatoms. The number of amides is 2. The lowest BCUT2D eigenvalue weighted by atomic mass is 10.1. The zero-order valence-corrected chi connectivity index (χ0v) is 18.0. The molecule has 0 heterocycles. The molecule has 4 nitrogen and oxygen atoms in total. The van der Waals surface area contributed by atoms with Crippen LogP contribution in [0.5, 0.6) is 0 Å². The Kier molecular flexibility index (Phi) is 16.7. The standard InChI is InChI=1S/C22H44N2O2/c1-5-9-17-23(18-10-6-2)21(25)15-13-14-16-22(26)24(19-11-7-3)20-12-8-4/h5-20H2,1-4H3. The minimum atomic E-state index is 0.271. The Morgan fingerprint density at radius 2 is 0.769 bits per heavy atom. The molecule has 0 aliphatic carbocycles. The molecule has 0 rings (SSSR count). The van der Waals surface area contributed by atoms with Gasteiger partial charge in [-0.1, -0.05) is 53.4 Å². The summed E-state index contributed by atoms with van der Waals surface area (Å²) in [6.07, 6.45) is 11.6. The normalized spacial score (nSPS) is 10.8. The van der Waals surface area contributed by atoms with Gasteiger partial charge in [-0.05, 0) is 38.5 Å². The van der Waals surface area contributed by atoms with Crippen LogP contribution in [0.15, 0.2) is 0 Å². The maximum absolute atomic E-state index is 12.4. The van der Waals surface area contributed by atoms with Gasteiger partial charge < -0.3 is 9.80 Å². The molecule has 0 atom stereocenters. The Labute approximate surface area is 162 Å². The molecular formula is C22H44N2O2. The predicted octanol–water partition coefficient (Wildman–Crippen LogP) is 5.40. The summed E-state index contributed by atoms with van der Waals surface area (Å²) in [6, 6.07) is 0. The first-order chi connectivity index (χ1) is 12.6. The number of hydrogen-bond acceptors (Lipinski definition) is 2. The van der Waals surface area contributed by atoms with Gasteiger partial charge >= 0.3 is 0 Å². The van der Waals surface area contributed by atoms with E-state index < -0.39 is 0 Å². The minimum absolute atomic E-state index is 0.271. The first-order valence-electron chi connectivity index (χ1n) is 11.2. The summed E-state index contributed by atoms with van der Waals surface area (Å²) >= 11 is 0. The van der Waals surface area contributed by atoms with Gasteiger partial charge in [-0.15, -0.1) is 0 Å². The molecule has 154 valence electrons. The van der Waals surface area contributed by atoms with Gasteiger partial charge in [-0.2, -0.15) is 0 Å². The number of unbranched alkanes of at least 4 members (excludes halogenated alkanes) is 5. The van der Waals surface area contributed by atoms with Crippen LogP contribution in [0.25, 0.3) is 0 Å². The monoisotopic (exact) mass is 368 g/mol. The van der Waals surface area contributed by atoms with Gasteiger partial charge in [0.15, 0.2) is 0 Å². The lowest BCUT2D eigenvalue weighted by Crippen LogP contribution is -2.33. The summed E-state index contributed by atoms with van der Waals surface area (Å²) in [5.74, 6) is 0.543. The van der Waals surface area contributed by atoms with Gasteiger partial charge in [0.2, 0.25) is 11.8 Å². The molecule has 0 N–H and O–H groups in total. The number of carbonyl (C=O) groups is 2. The van der Waals surface area contributed by atoms with Crippen molar-refractivity contribution in [2.75, 3.05) is 26.2 Å². The second-order valence-corrected chi connectivity index (χ2v) is 7.38. The number of carbonyl (C=O) groups excluding carboxylic acids is 2. The molecule has 0 aromatic carbocycles. The summed E-state index contributed by atoms with van der Waals surface area (Å²) in [5, 5.41) is 0. The first kappa shape index (κ1) is 24.9. The van der Waals surface area contributed by atoms with Crippen LogP contribution in [0.3, 0.4) is 0 Å². The molecule has 0 saturated heterocycles. The third kappa shape index (κ3) is 12.3. The van der Waals surface area contributed by atoms with Gasteiger partial charge in [-0.25, -0.2) is 0 Å². The highest BCUT2D eigenvalue weighted by molar-refractivity contribution is 5.77. The van der Waals surface area contributed by atoms with Crippen LogP contribution in [-0.2, 0) is 9.59 Å². The predicted molar refractivity (Wildman–Crippen MR) is 111 cm³/mol. The number of rotatable bonds is 17. The lowest BCUT2D eigenvalue weighted by Gasteiger charge is -2.23. The van der Waals surface area contributed by atoms with E-state index in [4.69, 9.17) is 0 Å². The summed E-state index contributed by atoms with van der Waals surface area (Å²) in [6.45, 7) is 12.2. The fourth-order valence-corrected chi connectivity index (χ4v) is 2.99. The average molecular weight is 369 g/mol. The molecule has 0 spiro atoms. The van der Waals surface area contributed by atoms with Crippen LogP contribution < -0.4 is 0 Å². The van der Waals surface area contributed by atoms with Gasteiger partial charge in [0, 0.05) is 39.0 Å². The number of nitrogens with zero attached hydrogens (tertiary/aromatic N) is 2. The Bertz CT molecular complexity index is 308. The minimum Gasteiger partial charge on any atom is -0.343 e. The molecule has 0 aromatic heterocycles. The maximum Gasteiger partial charge on any atom is 0.222 e. The van der Waals surface area contributed by atoms with E-state index in [1.54, 1.807) is 0 Å². The molecule has 0 aliphatic heterocycles. The Hall–Kier alpha value is -1.06. The molecule has 0 fully saturated rings. The first-order valence-corrected chi connectivity index (χ1v) is 11.2. The maximum atomic E-state index is 12.4. The summed E-state index contributed by atoms with van der Waals surface area (Å²) < 4.78 is 0. The van der Waals surface area contributed by atoms with E-state index in [0.29, 0.717) is 12.8 Å². The van der Waals surface area contributed by atoms with E-state index in [-0.39, 0.29) is 11.8 Å². The second kappa shape index (κ2) is 17.4. The third-order valence-corrected chi connectivity index (χ3v) is 4.86. The molecule has 0 aromatic rings. The van der Waals surface area contributed by atoms with E-state index in [1.165, 1.54) is 0 Å². The number of hydrogen-bond donors (Lipinski definition) is 0. The van der Waals surface area contributed by atoms with Crippen LogP contribution in [0.4, 0.5) is 0 Å². The van der Waals surface area contributed by atoms with Crippen LogP contribution >= 0.6 is 0 Å². The molecule has 0 aliphatic rings. The molecule has 2 amide bonds. The quantitative estimate of drug-likeness (QED) is 0.322. The Balaban J connectivity index is 4.20. The fourth-order valence-electron chi connectivity index (χ4n) is 2.99. The van der Waals surface area contributed by atoms with Crippen molar-refractivity contribution in [2.45, 2.75) is 105 Å². The van der Waals surface area contributed by atoms with Gasteiger partial charge in [0.25, 0.3) is 0 Å². The third-order valence-electron chi connectivity index (χ3n) is 4.86. The van der Waals surface area contributed by atoms with Crippen LogP contribution in [-0.4, -0.2) is 47.8 Å². The average Bonchev–Trinajstić information content (AvgIpc) is 2.65. The van der Waals surface area contributed by atoms with Crippen molar-refractivity contribution in [1.82, 2.24) is 9.80 Å². The van der Waals surface area contributed by atoms with Crippen molar-refractivity contribution in [3.8, 4) is 0 Å². The largest absolute Gasteiger partial charge is 0.343 e. The van der Waals surface area contributed by atoms with Crippen molar-refractivity contribution in [3.05, 3.63) is 0 Å². The molecule has 0 bridgehead atoms. The second-order valence-electron chi connectivity index (χ2n) is 7.38. The van der Waals surface area contributed by atoms with Crippen LogP contribution in [0.2, 0.25) is 0 Å². The molecule has 0 saturated carbocycles. The summed E-state index contributed by atoms with van der Waals surface area (Å²) in [7, 11) is 0. The van der Waals surface area contributed by atoms with Crippen molar-refractivity contribution in [1.29, 1.82) is 0 Å². The van der Waals surface area contributed by atoms with Crippen molar-refractivity contribution in [3.63, 3.8) is 0 Å². The smallest absolute Gasteiger partial charge is 0.222 e. The summed E-state index contributed by atoms with van der Waals surface area (Å²) in [4.78, 5) is 29.0. The van der Waals surface area contributed by atoms with Gasteiger partial charge in [-0.3, -0.25) is 9.59 Å². The molecule has 26 heavy (non-hydrogen) atoms. The lowest BCUT2D eigenvalue weighted by molar-refractivity contribution is -0.133. The van der Waals surface area contributed by atoms with Crippen molar-refractivity contribution >= 4 is 11.8 Å². The zero-order chi connectivity index (χ0) is 19.6. The highest BCUT2D eigenvalue weighted by atomic mass is 16.2. The fraction of sp³-hybridized carbons (Fsp3) is 0.909. The topological polar surface area (TPSA) is 40.6 Å². The van der Waals surface area contributed by atoms with Crippen molar-refractivity contribution < 1.29 is 9.59 Å². The molecule has 0 radical (unpaired) electrons. The molecule has 0 unspecified atom stereocenters. The van der Waals surface area contributed by atoms with E-state index in [2.05, 4.69) is 27.7 Å². The highest BCUT2D eigenvalue weighted by Crippen LogP contribution is 2.09. The van der Waals surface area contributed by atoms with Gasteiger partial charge in [0.1, 0.15) is 0 Å². The highest BCUT2D eigenvalue weighted by Gasteiger charge is 2.14. The SMILES string of the molecule is CCCCN(CCCC)C(=O)CCCCC(=O)N(CCCC)CCCC. The van der Waals surface area contributed by atoms with E-state index in [9.17, 15) is 9.59 Å². The van der Waals surface area contributed by atoms with Crippen LogP contribution in [0, 0.1) is 0 Å². The zero-order valence-electron chi connectivity index (χ0n) is 18.0. The van der Waals surface area contributed by atoms with Crippen molar-refractivity contribution in [2.24, 2.45) is 0 Å². The van der Waals surface area contributed by atoms with E-state index in [1.807, 2.05) is 9.80 Å². The van der Waals surface area contributed by atoms with Crippen LogP contribution in [0.1, 0.15) is 105 Å². The Morgan fingerprint density at radius 3 is 1.00 bits per heavy atom.